The summed E-state index contributed by atoms with van der Waals surface area (Å²) in [6.07, 6.45) is 3.49. The Morgan fingerprint density at radius 2 is 2.18 bits per heavy atom. The van der Waals surface area contributed by atoms with E-state index in [1.54, 1.807) is 30.4 Å². The summed E-state index contributed by atoms with van der Waals surface area (Å²) in [5.41, 5.74) is 0.869. The van der Waals surface area contributed by atoms with Crippen LogP contribution in [0, 0.1) is 0 Å². The minimum atomic E-state index is -0.962. The van der Waals surface area contributed by atoms with E-state index in [1.165, 1.54) is 18.7 Å². The maximum absolute atomic E-state index is 11.0. The van der Waals surface area contributed by atoms with Gasteiger partial charge in [0.2, 0.25) is 0 Å². The molecule has 0 saturated carbocycles. The van der Waals surface area contributed by atoms with Crippen molar-refractivity contribution in [2.45, 2.75) is 6.92 Å². The van der Waals surface area contributed by atoms with Crippen LogP contribution in [0.2, 0.25) is 0 Å². The smallest absolute Gasteiger partial charge is 0.336 e. The van der Waals surface area contributed by atoms with Crippen LogP contribution in [0.3, 0.4) is 0 Å². The summed E-state index contributed by atoms with van der Waals surface area (Å²) in [7, 11) is 0. The summed E-state index contributed by atoms with van der Waals surface area (Å²) in [4.78, 5) is 21.7. The van der Waals surface area contributed by atoms with Crippen LogP contribution in [0.25, 0.3) is 6.08 Å². The average Bonchev–Trinajstić information content (AvgIpc) is 2.23. The number of halogens is 1. The number of rotatable bonds is 4. The molecule has 5 heteroatoms. The molecule has 0 spiro atoms. The predicted molar refractivity (Wildman–Crippen MR) is 73.3 cm³/mol. The second-order valence-corrected chi connectivity index (χ2v) is 5.35. The van der Waals surface area contributed by atoms with E-state index in [2.05, 4.69) is 15.9 Å². The standard InChI is InChI=1S/C12H11BrO3S/c1-8(14)17-6-2-3-9-7-10(13)4-5-11(9)12(15)16/h2-5,7H,6H2,1H3,(H,15,16). The van der Waals surface area contributed by atoms with Gasteiger partial charge in [-0.15, -0.1) is 0 Å². The first-order chi connectivity index (χ1) is 8.00. The van der Waals surface area contributed by atoms with Crippen molar-refractivity contribution in [3.63, 3.8) is 0 Å². The van der Waals surface area contributed by atoms with Crippen molar-refractivity contribution in [1.82, 2.24) is 0 Å². The van der Waals surface area contributed by atoms with Crippen LogP contribution < -0.4 is 0 Å². The molecule has 0 fully saturated rings. The minimum absolute atomic E-state index is 0.0438. The summed E-state index contributed by atoms with van der Waals surface area (Å²) in [5.74, 6) is -0.419. The summed E-state index contributed by atoms with van der Waals surface area (Å²) in [6, 6.07) is 4.97. The van der Waals surface area contributed by atoms with E-state index in [1.807, 2.05) is 0 Å². The third kappa shape index (κ3) is 4.75. The zero-order valence-corrected chi connectivity index (χ0v) is 11.5. The van der Waals surface area contributed by atoms with Gasteiger partial charge in [-0.2, -0.15) is 0 Å². The highest BCUT2D eigenvalue weighted by atomic mass is 79.9. The molecule has 0 aliphatic heterocycles. The van der Waals surface area contributed by atoms with Gasteiger partial charge in [0.05, 0.1) is 5.56 Å². The topological polar surface area (TPSA) is 54.4 Å². The molecule has 17 heavy (non-hydrogen) atoms. The Morgan fingerprint density at radius 1 is 1.47 bits per heavy atom. The lowest BCUT2D eigenvalue weighted by atomic mass is 10.1. The molecule has 1 N–H and O–H groups in total. The highest BCUT2D eigenvalue weighted by Crippen LogP contribution is 2.18. The van der Waals surface area contributed by atoms with Crippen LogP contribution in [-0.2, 0) is 4.79 Å². The van der Waals surface area contributed by atoms with Gasteiger partial charge in [-0.1, -0.05) is 39.8 Å². The van der Waals surface area contributed by atoms with E-state index in [9.17, 15) is 9.59 Å². The molecule has 0 radical (unpaired) electrons. The number of carbonyl (C=O) groups excluding carboxylic acids is 1. The number of benzene rings is 1. The quantitative estimate of drug-likeness (QED) is 0.925. The molecule has 0 aliphatic carbocycles. The second kappa shape index (κ2) is 6.61. The molecule has 1 aromatic rings. The first kappa shape index (κ1) is 14.0. The highest BCUT2D eigenvalue weighted by molar-refractivity contribution is 9.10. The third-order valence-corrected chi connectivity index (χ3v) is 3.18. The van der Waals surface area contributed by atoms with Crippen molar-refractivity contribution in [2.24, 2.45) is 0 Å². The zero-order valence-electron chi connectivity index (χ0n) is 9.14. The van der Waals surface area contributed by atoms with Gasteiger partial charge in [0, 0.05) is 17.1 Å². The van der Waals surface area contributed by atoms with Gasteiger partial charge in [-0.05, 0) is 23.8 Å². The van der Waals surface area contributed by atoms with Crippen molar-refractivity contribution >= 4 is 44.9 Å². The van der Waals surface area contributed by atoms with Gasteiger partial charge in [0.25, 0.3) is 0 Å². The van der Waals surface area contributed by atoms with Crippen molar-refractivity contribution < 1.29 is 14.7 Å². The maximum Gasteiger partial charge on any atom is 0.336 e. The highest BCUT2D eigenvalue weighted by Gasteiger charge is 2.07. The second-order valence-electron chi connectivity index (χ2n) is 3.24. The van der Waals surface area contributed by atoms with Crippen LogP contribution in [0.1, 0.15) is 22.8 Å². The normalized spacial score (nSPS) is 10.7. The molecule has 0 aromatic heterocycles. The van der Waals surface area contributed by atoms with E-state index in [0.29, 0.717) is 11.3 Å². The molecule has 3 nitrogen and oxygen atoms in total. The molecule has 0 unspecified atom stereocenters. The van der Waals surface area contributed by atoms with Gasteiger partial charge in [-0.3, -0.25) is 4.79 Å². The fourth-order valence-electron chi connectivity index (χ4n) is 1.21. The lowest BCUT2D eigenvalue weighted by Gasteiger charge is -2.01. The molecule has 0 amide bonds. The maximum atomic E-state index is 11.0. The number of carboxylic acids is 1. The molecule has 0 heterocycles. The van der Waals surface area contributed by atoms with Crippen molar-refractivity contribution in [1.29, 1.82) is 0 Å². The Hall–Kier alpha value is -1.07. The number of thioether (sulfide) groups is 1. The van der Waals surface area contributed by atoms with E-state index in [0.717, 1.165) is 4.47 Å². The number of hydrogen-bond acceptors (Lipinski definition) is 3. The van der Waals surface area contributed by atoms with Gasteiger partial charge in [0.1, 0.15) is 0 Å². The summed E-state index contributed by atoms with van der Waals surface area (Å²) in [6.45, 7) is 1.50. The Balaban J connectivity index is 2.85. The summed E-state index contributed by atoms with van der Waals surface area (Å²) < 4.78 is 0.821. The molecular weight excluding hydrogens is 304 g/mol. The Morgan fingerprint density at radius 3 is 2.76 bits per heavy atom. The van der Waals surface area contributed by atoms with Crippen molar-refractivity contribution in [3.05, 3.63) is 39.9 Å². The van der Waals surface area contributed by atoms with Crippen LogP contribution in [-0.4, -0.2) is 21.9 Å². The Kier molecular flexibility index (Phi) is 5.44. The number of carboxylic acid groups (broad SMARTS) is 1. The first-order valence-corrected chi connectivity index (χ1v) is 6.61. The molecule has 1 aromatic carbocycles. The van der Waals surface area contributed by atoms with Crippen LogP contribution >= 0.6 is 27.7 Å². The SMILES string of the molecule is CC(=O)SCC=Cc1cc(Br)ccc1C(=O)O. The lowest BCUT2D eigenvalue weighted by molar-refractivity contribution is -0.109. The number of carbonyl (C=O) groups is 2. The van der Waals surface area contributed by atoms with Crippen molar-refractivity contribution in [2.75, 3.05) is 5.75 Å². The van der Waals surface area contributed by atoms with Crippen LogP contribution in [0.5, 0.6) is 0 Å². The fourth-order valence-corrected chi connectivity index (χ4v) is 2.01. The largest absolute Gasteiger partial charge is 0.478 e. The molecule has 1 rings (SSSR count). The van der Waals surface area contributed by atoms with Gasteiger partial charge >= 0.3 is 5.97 Å². The zero-order chi connectivity index (χ0) is 12.8. The Labute approximate surface area is 112 Å². The van der Waals surface area contributed by atoms with E-state index >= 15 is 0 Å². The first-order valence-electron chi connectivity index (χ1n) is 4.83. The number of aromatic carboxylic acids is 1. The van der Waals surface area contributed by atoms with E-state index < -0.39 is 5.97 Å². The molecule has 0 aliphatic rings. The molecular formula is C12H11BrO3S. The Bertz CT molecular complexity index is 469. The van der Waals surface area contributed by atoms with Gasteiger partial charge in [-0.25, -0.2) is 4.79 Å². The van der Waals surface area contributed by atoms with Crippen LogP contribution in [0.15, 0.2) is 28.7 Å². The lowest BCUT2D eigenvalue weighted by Crippen LogP contribution is -1.99. The molecule has 90 valence electrons. The van der Waals surface area contributed by atoms with Crippen molar-refractivity contribution in [3.8, 4) is 0 Å². The van der Waals surface area contributed by atoms with E-state index in [-0.39, 0.29) is 10.7 Å². The monoisotopic (exact) mass is 314 g/mol. The minimum Gasteiger partial charge on any atom is -0.478 e. The van der Waals surface area contributed by atoms with Gasteiger partial charge in [0.15, 0.2) is 5.12 Å². The average molecular weight is 315 g/mol. The molecule has 0 atom stereocenters. The third-order valence-electron chi connectivity index (χ3n) is 1.92. The summed E-state index contributed by atoms with van der Waals surface area (Å²) in [5, 5.41) is 9.04. The molecule has 0 saturated heterocycles. The predicted octanol–water partition coefficient (Wildman–Crippen LogP) is 3.44. The number of hydrogen-bond donors (Lipinski definition) is 1. The van der Waals surface area contributed by atoms with Gasteiger partial charge < -0.3 is 5.11 Å². The fraction of sp³-hybridized carbons (Fsp3) is 0.167. The summed E-state index contributed by atoms with van der Waals surface area (Å²) >= 11 is 4.48. The molecule has 0 bridgehead atoms. The van der Waals surface area contributed by atoms with Crippen LogP contribution in [0.4, 0.5) is 0 Å². The van der Waals surface area contributed by atoms with E-state index in [4.69, 9.17) is 5.11 Å².